The van der Waals surface area contributed by atoms with Crippen LogP contribution in [0, 0.1) is 5.41 Å². The lowest BCUT2D eigenvalue weighted by molar-refractivity contribution is -0.129. The van der Waals surface area contributed by atoms with Crippen molar-refractivity contribution in [2.75, 3.05) is 6.54 Å². The monoisotopic (exact) mass is 339 g/mol. The van der Waals surface area contributed by atoms with Crippen molar-refractivity contribution in [1.29, 1.82) is 0 Å². The number of carbonyl (C=O) groups excluding carboxylic acids is 1. The van der Waals surface area contributed by atoms with Gasteiger partial charge in [-0.25, -0.2) is 9.80 Å². The molecule has 1 fully saturated rings. The molecule has 1 aliphatic carbocycles. The topological polar surface area (TPSA) is 102 Å². The lowest BCUT2D eigenvalue weighted by atomic mass is 9.83. The molecule has 1 saturated carbocycles. The molecule has 2 aliphatic rings. The van der Waals surface area contributed by atoms with Gasteiger partial charge in [-0.15, -0.1) is 0 Å². The van der Waals surface area contributed by atoms with Crippen LogP contribution in [-0.4, -0.2) is 51.1 Å². The highest BCUT2D eigenvalue weighted by molar-refractivity contribution is 6.05. The maximum atomic E-state index is 12.1. The molecule has 1 heterocycles. The molecule has 1 unspecified atom stereocenters. The fourth-order valence-corrected chi connectivity index (χ4v) is 3.37. The second-order valence-electron chi connectivity index (χ2n) is 8.11. The number of nitrogens with zero attached hydrogens (tertiary/aromatic N) is 2. The zero-order valence-electron chi connectivity index (χ0n) is 14.8. The van der Waals surface area contributed by atoms with E-state index in [2.05, 4.69) is 10.4 Å². The molecule has 0 aromatic rings. The summed E-state index contributed by atoms with van der Waals surface area (Å²) in [5.41, 5.74) is -0.222. The van der Waals surface area contributed by atoms with Crippen molar-refractivity contribution in [3.63, 3.8) is 0 Å². The summed E-state index contributed by atoms with van der Waals surface area (Å²) in [6.45, 7) is 6.29. The summed E-state index contributed by atoms with van der Waals surface area (Å²) in [5, 5.41) is 27.7. The summed E-state index contributed by atoms with van der Waals surface area (Å²) in [5.74, 6) is -0.0745. The van der Waals surface area contributed by atoms with Gasteiger partial charge in [-0.2, -0.15) is 5.10 Å². The van der Waals surface area contributed by atoms with E-state index < -0.39 is 11.7 Å². The third kappa shape index (κ3) is 4.93. The Morgan fingerprint density at radius 2 is 2.00 bits per heavy atom. The van der Waals surface area contributed by atoms with E-state index in [9.17, 15) is 14.7 Å². The molecule has 7 heteroatoms. The van der Waals surface area contributed by atoms with Crippen LogP contribution in [0.2, 0.25) is 0 Å². The van der Waals surface area contributed by atoms with Crippen molar-refractivity contribution < 1.29 is 19.8 Å². The lowest BCUT2D eigenvalue weighted by Crippen LogP contribution is -2.44. The van der Waals surface area contributed by atoms with Crippen molar-refractivity contribution in [2.45, 2.75) is 77.4 Å². The van der Waals surface area contributed by atoms with Gasteiger partial charge in [-0.3, -0.25) is 4.79 Å². The van der Waals surface area contributed by atoms with Crippen LogP contribution in [0.1, 0.15) is 65.7 Å². The van der Waals surface area contributed by atoms with Gasteiger partial charge in [0.05, 0.1) is 17.7 Å². The molecular formula is C17H29N3O4. The summed E-state index contributed by atoms with van der Waals surface area (Å²) >= 11 is 0. The van der Waals surface area contributed by atoms with E-state index in [0.29, 0.717) is 25.1 Å². The highest BCUT2D eigenvalue weighted by atomic mass is 16.4. The fourth-order valence-electron chi connectivity index (χ4n) is 3.37. The van der Waals surface area contributed by atoms with Gasteiger partial charge in [0.25, 0.3) is 0 Å². The first-order valence-corrected chi connectivity index (χ1v) is 8.68. The quantitative estimate of drug-likeness (QED) is 0.691. The standard InChI is InChI=1S/C17H29N3O4/c1-16(2,3)13(18-15(22)23)10-12-11-14(21)20(19-12)9-8-17(24)6-4-5-7-17/h13,18,24H,4-11H2,1-3H3,(H,22,23). The number of carbonyl (C=O) groups is 2. The van der Waals surface area contributed by atoms with E-state index in [1.807, 2.05) is 20.8 Å². The summed E-state index contributed by atoms with van der Waals surface area (Å²) in [4.78, 5) is 23.1. The Morgan fingerprint density at radius 3 is 2.54 bits per heavy atom. The number of hydrogen-bond donors (Lipinski definition) is 3. The highest BCUT2D eigenvalue weighted by Crippen LogP contribution is 2.33. The average molecular weight is 339 g/mol. The zero-order valence-corrected chi connectivity index (χ0v) is 14.8. The molecule has 24 heavy (non-hydrogen) atoms. The van der Waals surface area contributed by atoms with Crippen molar-refractivity contribution in [2.24, 2.45) is 10.5 Å². The maximum Gasteiger partial charge on any atom is 0.404 e. The first-order valence-electron chi connectivity index (χ1n) is 8.68. The van der Waals surface area contributed by atoms with Gasteiger partial charge in [0.2, 0.25) is 5.91 Å². The normalized spacial score (nSPS) is 21.8. The smallest absolute Gasteiger partial charge is 0.404 e. The van der Waals surface area contributed by atoms with E-state index in [1.54, 1.807) is 0 Å². The number of carboxylic acid groups (broad SMARTS) is 1. The Morgan fingerprint density at radius 1 is 1.38 bits per heavy atom. The molecule has 3 N–H and O–H groups in total. The molecular weight excluding hydrogens is 310 g/mol. The molecule has 2 amide bonds. The zero-order chi connectivity index (χ0) is 18.0. The van der Waals surface area contributed by atoms with Crippen LogP contribution in [-0.2, 0) is 4.79 Å². The largest absolute Gasteiger partial charge is 0.465 e. The molecule has 1 aliphatic heterocycles. The van der Waals surface area contributed by atoms with E-state index in [4.69, 9.17) is 5.11 Å². The van der Waals surface area contributed by atoms with Gasteiger partial charge in [0.15, 0.2) is 0 Å². The number of hydrogen-bond acceptors (Lipinski definition) is 4. The first kappa shape index (κ1) is 18.7. The van der Waals surface area contributed by atoms with Gasteiger partial charge >= 0.3 is 6.09 Å². The Labute approximate surface area is 143 Å². The third-order valence-corrected chi connectivity index (χ3v) is 5.01. The number of amides is 2. The van der Waals surface area contributed by atoms with E-state index in [1.165, 1.54) is 5.01 Å². The predicted octanol–water partition coefficient (Wildman–Crippen LogP) is 2.34. The van der Waals surface area contributed by atoms with Gasteiger partial charge in [0, 0.05) is 19.0 Å². The van der Waals surface area contributed by atoms with E-state index >= 15 is 0 Å². The number of aliphatic hydroxyl groups is 1. The SMILES string of the molecule is CC(C)(C)C(CC1=NN(CCC2(O)CCCC2)C(=O)C1)NC(=O)O. The van der Waals surface area contributed by atoms with Crippen LogP contribution in [0.25, 0.3) is 0 Å². The summed E-state index contributed by atoms with van der Waals surface area (Å²) in [6.07, 6.45) is 3.78. The molecule has 2 rings (SSSR count). The van der Waals surface area contributed by atoms with Gasteiger partial charge in [-0.05, 0) is 24.7 Å². The van der Waals surface area contributed by atoms with Crippen LogP contribution in [0.15, 0.2) is 5.10 Å². The Hall–Kier alpha value is -1.63. The molecule has 0 spiro atoms. The Balaban J connectivity index is 1.95. The Kier molecular flexibility index (Phi) is 5.52. The maximum absolute atomic E-state index is 12.1. The lowest BCUT2D eigenvalue weighted by Gasteiger charge is -2.30. The third-order valence-electron chi connectivity index (χ3n) is 5.01. The summed E-state index contributed by atoms with van der Waals surface area (Å²) < 4.78 is 0. The van der Waals surface area contributed by atoms with Crippen molar-refractivity contribution in [1.82, 2.24) is 10.3 Å². The number of nitrogens with one attached hydrogen (secondary N) is 1. The van der Waals surface area contributed by atoms with Crippen molar-refractivity contribution in [3.05, 3.63) is 0 Å². The van der Waals surface area contributed by atoms with Crippen LogP contribution in [0.4, 0.5) is 4.79 Å². The number of rotatable bonds is 6. The van der Waals surface area contributed by atoms with Crippen LogP contribution in [0.5, 0.6) is 0 Å². The van der Waals surface area contributed by atoms with Crippen molar-refractivity contribution in [3.8, 4) is 0 Å². The molecule has 0 aromatic heterocycles. The average Bonchev–Trinajstić information content (AvgIpc) is 3.01. The molecule has 0 aromatic carbocycles. The number of hydrazone groups is 1. The molecule has 7 nitrogen and oxygen atoms in total. The predicted molar refractivity (Wildman–Crippen MR) is 90.8 cm³/mol. The highest BCUT2D eigenvalue weighted by Gasteiger charge is 2.35. The minimum absolute atomic E-state index is 0.0745. The minimum Gasteiger partial charge on any atom is -0.465 e. The molecule has 136 valence electrons. The van der Waals surface area contributed by atoms with Crippen LogP contribution < -0.4 is 5.32 Å². The van der Waals surface area contributed by atoms with E-state index in [-0.39, 0.29) is 23.8 Å². The molecule has 0 radical (unpaired) electrons. The Bertz CT molecular complexity index is 518. The van der Waals surface area contributed by atoms with E-state index in [0.717, 1.165) is 25.7 Å². The van der Waals surface area contributed by atoms with Gasteiger partial charge < -0.3 is 15.5 Å². The minimum atomic E-state index is -1.07. The van der Waals surface area contributed by atoms with Crippen molar-refractivity contribution >= 4 is 17.7 Å². The second-order valence-corrected chi connectivity index (χ2v) is 8.11. The van der Waals surface area contributed by atoms with Gasteiger partial charge in [0.1, 0.15) is 0 Å². The molecule has 0 bridgehead atoms. The molecule has 0 saturated heterocycles. The van der Waals surface area contributed by atoms with Crippen LogP contribution >= 0.6 is 0 Å². The molecule has 1 atom stereocenters. The van der Waals surface area contributed by atoms with Crippen LogP contribution in [0.3, 0.4) is 0 Å². The first-order chi connectivity index (χ1) is 11.1. The van der Waals surface area contributed by atoms with Gasteiger partial charge in [-0.1, -0.05) is 33.6 Å². The summed E-state index contributed by atoms with van der Waals surface area (Å²) in [6, 6.07) is -0.305. The fraction of sp³-hybridized carbons (Fsp3) is 0.824. The summed E-state index contributed by atoms with van der Waals surface area (Å²) in [7, 11) is 0. The second kappa shape index (κ2) is 7.09.